The second-order valence-electron chi connectivity index (χ2n) is 7.77. The molecule has 0 fully saturated rings. The van der Waals surface area contributed by atoms with Crippen LogP contribution in [0.5, 0.6) is 5.75 Å². The van der Waals surface area contributed by atoms with Gasteiger partial charge in [0.25, 0.3) is 11.8 Å². The van der Waals surface area contributed by atoms with E-state index in [0.29, 0.717) is 13.0 Å². The number of rotatable bonds is 3. The Morgan fingerprint density at radius 2 is 2.10 bits per heavy atom. The lowest BCUT2D eigenvalue weighted by molar-refractivity contribution is 0.0629. The van der Waals surface area contributed by atoms with Gasteiger partial charge >= 0.3 is 0 Å². The number of fused-ring (bicyclic) bond motifs is 4. The van der Waals surface area contributed by atoms with Crippen molar-refractivity contribution in [2.45, 2.75) is 38.9 Å². The van der Waals surface area contributed by atoms with Gasteiger partial charge in [0.05, 0.1) is 6.04 Å². The minimum absolute atomic E-state index is 0.104. The monoisotopic (exact) mass is 411 g/mol. The molecule has 0 saturated heterocycles. The van der Waals surface area contributed by atoms with Crippen molar-refractivity contribution >= 4 is 11.8 Å². The number of carbonyl (C=O) groups excluding carboxylic acids is 2. The van der Waals surface area contributed by atoms with Crippen molar-refractivity contribution in [3.8, 4) is 5.75 Å². The first kappa shape index (κ1) is 19.9. The Hall–Kier alpha value is -3.42. The molecule has 8 heteroatoms. The van der Waals surface area contributed by atoms with E-state index >= 15 is 0 Å². The van der Waals surface area contributed by atoms with Gasteiger partial charge in [-0.05, 0) is 31.9 Å². The van der Waals surface area contributed by atoms with E-state index in [2.05, 4.69) is 5.32 Å². The standard InChI is InChI=1S/C22H22FN3O4/c1-12-6-7-14(17(23)8-12)9-24-21(29)16-11-26-15-5-3-4-13(2)25(10-15)22(30)18(26)20(28)19(16)27/h3-4,6-8,11,13,15,28H,5,9-10H2,1-2H3,(H,24,29). The van der Waals surface area contributed by atoms with Gasteiger partial charge in [-0.3, -0.25) is 14.4 Å². The molecule has 4 rings (SSSR count). The maximum atomic E-state index is 14.0. The summed E-state index contributed by atoms with van der Waals surface area (Å²) in [6.45, 7) is 3.93. The molecule has 156 valence electrons. The third kappa shape index (κ3) is 3.28. The molecule has 2 aliphatic rings. The molecule has 2 unspecified atom stereocenters. The molecule has 0 spiro atoms. The summed E-state index contributed by atoms with van der Waals surface area (Å²) in [4.78, 5) is 39.8. The number of hydrogen-bond acceptors (Lipinski definition) is 4. The Morgan fingerprint density at radius 3 is 2.83 bits per heavy atom. The highest BCUT2D eigenvalue weighted by Gasteiger charge is 2.37. The lowest BCUT2D eigenvalue weighted by Crippen LogP contribution is -2.47. The van der Waals surface area contributed by atoms with Crippen LogP contribution in [0.3, 0.4) is 0 Å². The second kappa shape index (κ2) is 7.44. The number of benzene rings is 1. The molecule has 3 heterocycles. The van der Waals surface area contributed by atoms with Crippen LogP contribution in [0, 0.1) is 12.7 Å². The van der Waals surface area contributed by atoms with Gasteiger partial charge in [-0.15, -0.1) is 0 Å². The van der Waals surface area contributed by atoms with Crippen molar-refractivity contribution in [1.29, 1.82) is 0 Å². The van der Waals surface area contributed by atoms with Gasteiger partial charge in [-0.1, -0.05) is 24.3 Å². The fourth-order valence-corrected chi connectivity index (χ4v) is 3.96. The van der Waals surface area contributed by atoms with E-state index in [1.165, 1.54) is 16.8 Å². The largest absolute Gasteiger partial charge is 0.503 e. The topological polar surface area (TPSA) is 91.6 Å². The minimum atomic E-state index is -0.920. The van der Waals surface area contributed by atoms with Crippen LogP contribution in [0.2, 0.25) is 0 Å². The highest BCUT2D eigenvalue weighted by Crippen LogP contribution is 2.31. The van der Waals surface area contributed by atoms with Crippen LogP contribution in [0.4, 0.5) is 4.39 Å². The molecule has 1 aromatic heterocycles. The number of aromatic nitrogens is 1. The summed E-state index contributed by atoms with van der Waals surface area (Å²) in [5.41, 5.74) is -0.271. The van der Waals surface area contributed by atoms with E-state index in [4.69, 9.17) is 0 Å². The Labute approximate surface area is 172 Å². The third-order valence-corrected chi connectivity index (χ3v) is 5.68. The maximum absolute atomic E-state index is 14.0. The van der Waals surface area contributed by atoms with Crippen LogP contribution >= 0.6 is 0 Å². The van der Waals surface area contributed by atoms with Gasteiger partial charge < -0.3 is 19.9 Å². The number of aryl methyl sites for hydroxylation is 1. The van der Waals surface area contributed by atoms with E-state index in [0.717, 1.165) is 5.56 Å². The molecule has 2 N–H and O–H groups in total. The number of allylic oxidation sites excluding steroid dienone is 1. The molecule has 0 saturated carbocycles. The van der Waals surface area contributed by atoms with Crippen LogP contribution in [-0.2, 0) is 6.54 Å². The van der Waals surface area contributed by atoms with Crippen molar-refractivity contribution < 1.29 is 19.1 Å². The zero-order chi connectivity index (χ0) is 21.6. The number of pyridine rings is 1. The predicted molar refractivity (Wildman–Crippen MR) is 108 cm³/mol. The molecule has 2 bridgehead atoms. The molecule has 0 radical (unpaired) electrons. The van der Waals surface area contributed by atoms with Crippen LogP contribution in [-0.4, -0.2) is 39.0 Å². The second-order valence-corrected chi connectivity index (χ2v) is 7.77. The molecule has 1 aromatic carbocycles. The van der Waals surface area contributed by atoms with Crippen LogP contribution in [0.1, 0.15) is 51.4 Å². The van der Waals surface area contributed by atoms with Gasteiger partial charge in [0.15, 0.2) is 11.4 Å². The molecular weight excluding hydrogens is 389 g/mol. The van der Waals surface area contributed by atoms with Gasteiger partial charge in [-0.2, -0.15) is 0 Å². The molecule has 2 amide bonds. The van der Waals surface area contributed by atoms with E-state index in [-0.39, 0.29) is 35.4 Å². The average Bonchev–Trinajstić information content (AvgIpc) is 2.87. The summed E-state index contributed by atoms with van der Waals surface area (Å²) in [7, 11) is 0. The first-order valence-electron chi connectivity index (χ1n) is 9.77. The summed E-state index contributed by atoms with van der Waals surface area (Å²) in [5, 5.41) is 13.0. The molecule has 7 nitrogen and oxygen atoms in total. The van der Waals surface area contributed by atoms with Crippen molar-refractivity contribution in [2.24, 2.45) is 0 Å². The summed E-state index contributed by atoms with van der Waals surface area (Å²) < 4.78 is 15.5. The number of nitrogens with zero attached hydrogens (tertiary/aromatic N) is 2. The number of carbonyl (C=O) groups is 2. The smallest absolute Gasteiger partial charge is 0.275 e. The van der Waals surface area contributed by atoms with Crippen molar-refractivity contribution in [1.82, 2.24) is 14.8 Å². The highest BCUT2D eigenvalue weighted by atomic mass is 19.1. The normalized spacial score (nSPS) is 20.0. The fourth-order valence-electron chi connectivity index (χ4n) is 3.96. The molecule has 2 atom stereocenters. The van der Waals surface area contributed by atoms with Crippen LogP contribution in [0.15, 0.2) is 41.3 Å². The minimum Gasteiger partial charge on any atom is -0.503 e. The van der Waals surface area contributed by atoms with Crippen LogP contribution in [0.25, 0.3) is 0 Å². The highest BCUT2D eigenvalue weighted by molar-refractivity contribution is 5.99. The molecule has 2 aliphatic heterocycles. The lowest BCUT2D eigenvalue weighted by Gasteiger charge is -2.37. The predicted octanol–water partition coefficient (Wildman–Crippen LogP) is 2.28. The number of amides is 2. The summed E-state index contributed by atoms with van der Waals surface area (Å²) >= 11 is 0. The summed E-state index contributed by atoms with van der Waals surface area (Å²) in [6.07, 6.45) is 5.77. The SMILES string of the molecule is Cc1ccc(CNC(=O)c2cn3c(c(O)c2=O)C(=O)N2CC3CC=CC2C)c(F)c1. The number of aromatic hydroxyl groups is 1. The Kier molecular flexibility index (Phi) is 4.93. The summed E-state index contributed by atoms with van der Waals surface area (Å²) in [5.74, 6) is -2.38. The zero-order valence-corrected chi connectivity index (χ0v) is 16.7. The molecule has 2 aromatic rings. The number of nitrogens with one attached hydrogen (secondary N) is 1. The van der Waals surface area contributed by atoms with E-state index < -0.39 is 28.8 Å². The average molecular weight is 411 g/mol. The van der Waals surface area contributed by atoms with E-state index in [1.54, 1.807) is 24.0 Å². The Morgan fingerprint density at radius 1 is 1.33 bits per heavy atom. The van der Waals surface area contributed by atoms with Gasteiger partial charge in [0.1, 0.15) is 11.4 Å². The number of halogens is 1. The van der Waals surface area contributed by atoms with E-state index in [9.17, 15) is 23.9 Å². The maximum Gasteiger partial charge on any atom is 0.275 e. The molecule has 30 heavy (non-hydrogen) atoms. The fraction of sp³-hybridized carbons (Fsp3) is 0.318. The first-order valence-corrected chi connectivity index (χ1v) is 9.77. The van der Waals surface area contributed by atoms with Gasteiger partial charge in [0, 0.05) is 30.9 Å². The van der Waals surface area contributed by atoms with Crippen LogP contribution < -0.4 is 10.7 Å². The third-order valence-electron chi connectivity index (χ3n) is 5.68. The molecule has 0 aliphatic carbocycles. The lowest BCUT2D eigenvalue weighted by atomic mass is 10.1. The Balaban J connectivity index is 1.67. The quantitative estimate of drug-likeness (QED) is 0.758. The Bertz CT molecular complexity index is 1140. The molecular formula is C22H22FN3O4. The number of hydrogen-bond donors (Lipinski definition) is 2. The van der Waals surface area contributed by atoms with Gasteiger partial charge in [-0.25, -0.2) is 4.39 Å². The van der Waals surface area contributed by atoms with Crippen molar-refractivity contribution in [2.75, 3.05) is 6.54 Å². The van der Waals surface area contributed by atoms with Crippen molar-refractivity contribution in [3.05, 3.63) is 75.0 Å². The first-order chi connectivity index (χ1) is 14.3. The van der Waals surface area contributed by atoms with E-state index in [1.807, 2.05) is 19.1 Å². The zero-order valence-electron chi connectivity index (χ0n) is 16.7. The van der Waals surface area contributed by atoms with Crippen molar-refractivity contribution in [3.63, 3.8) is 0 Å². The van der Waals surface area contributed by atoms with Gasteiger partial charge in [0.2, 0.25) is 5.43 Å². The summed E-state index contributed by atoms with van der Waals surface area (Å²) in [6, 6.07) is 4.29.